The van der Waals surface area contributed by atoms with Gasteiger partial charge < -0.3 is 0 Å². The third-order valence-electron chi connectivity index (χ3n) is 5.17. The van der Waals surface area contributed by atoms with Crippen LogP contribution in [0, 0.1) is 28.7 Å². The number of Topliss-reactive ketones (excluding diaryl/α,β-unsaturated/α-hetero) is 1. The van der Waals surface area contributed by atoms with Crippen LogP contribution in [0.15, 0.2) is 12.2 Å². The van der Waals surface area contributed by atoms with Crippen molar-refractivity contribution >= 4 is 5.78 Å². The van der Waals surface area contributed by atoms with Gasteiger partial charge in [-0.05, 0) is 26.7 Å². The Labute approximate surface area is 119 Å². The zero-order chi connectivity index (χ0) is 15.7. The molecular weight excluding hydrogens is 284 g/mol. The predicted octanol–water partition coefficient (Wildman–Crippen LogP) is 4.37. The second kappa shape index (κ2) is 4.18. The van der Waals surface area contributed by atoms with E-state index in [1.54, 1.807) is 6.92 Å². The minimum atomic E-state index is -1.81. The maximum Gasteiger partial charge on any atom is 0.197 e. The van der Waals surface area contributed by atoms with E-state index in [0.717, 1.165) is 0 Å². The van der Waals surface area contributed by atoms with Gasteiger partial charge in [0, 0.05) is 23.0 Å². The number of ketones is 1. The van der Waals surface area contributed by atoms with Crippen LogP contribution in [0.5, 0.6) is 0 Å². The molecule has 0 unspecified atom stereocenters. The van der Waals surface area contributed by atoms with Crippen LogP contribution in [0.1, 0.15) is 49.7 Å². The van der Waals surface area contributed by atoms with E-state index in [2.05, 4.69) is 6.58 Å². The van der Waals surface area contributed by atoms with Crippen LogP contribution in [0.3, 0.4) is 0 Å². The average Bonchev–Trinajstić information content (AvgIpc) is 2.94. The van der Waals surface area contributed by atoms with Crippen LogP contribution >= 0.6 is 0 Å². The summed E-state index contributed by atoms with van der Waals surface area (Å²) < 4.78 is 55.4. The first-order chi connectivity index (χ1) is 9.76. The lowest BCUT2D eigenvalue weighted by Gasteiger charge is -2.32. The van der Waals surface area contributed by atoms with Crippen molar-refractivity contribution in [1.29, 1.82) is 0 Å². The van der Waals surface area contributed by atoms with Gasteiger partial charge >= 0.3 is 0 Å². The highest BCUT2D eigenvalue weighted by Crippen LogP contribution is 2.68. The summed E-state index contributed by atoms with van der Waals surface area (Å²) in [5, 5.41) is 0. The van der Waals surface area contributed by atoms with Crippen LogP contribution in [-0.2, 0) is 4.79 Å². The first-order valence-electron chi connectivity index (χ1n) is 6.78. The topological polar surface area (TPSA) is 17.1 Å². The molecule has 1 nitrogen and oxygen atoms in total. The van der Waals surface area contributed by atoms with Gasteiger partial charge in [0.1, 0.15) is 5.78 Å². The van der Waals surface area contributed by atoms with E-state index in [1.807, 2.05) is 0 Å². The lowest BCUT2D eigenvalue weighted by Crippen LogP contribution is -2.33. The minimum Gasteiger partial charge on any atom is -0.299 e. The molecule has 2 bridgehead atoms. The Morgan fingerprint density at radius 1 is 0.952 bits per heavy atom. The van der Waals surface area contributed by atoms with E-state index in [4.69, 9.17) is 0 Å². The normalized spacial score (nSPS) is 29.6. The van der Waals surface area contributed by atoms with Gasteiger partial charge in [-0.15, -0.1) is 0 Å². The standard InChI is InChI=1S/C16H14F4O/c1-6(2)16(7(3)21)8-4-5-9(16)11-10(8)12(17)14(19)15(20)13(11)18/h8-9H,1,4-5H2,2-3H3/t8-,9-/m0/s1. The Balaban J connectivity index is 2.39. The molecule has 0 aromatic heterocycles. The van der Waals surface area contributed by atoms with E-state index in [9.17, 15) is 22.4 Å². The Morgan fingerprint density at radius 2 is 1.33 bits per heavy atom. The molecule has 0 radical (unpaired) electrons. The molecule has 0 saturated heterocycles. The molecule has 1 fully saturated rings. The Hall–Kier alpha value is -1.65. The molecule has 0 heterocycles. The average molecular weight is 298 g/mol. The number of benzene rings is 1. The van der Waals surface area contributed by atoms with Crippen molar-refractivity contribution in [3.8, 4) is 0 Å². The van der Waals surface area contributed by atoms with E-state index >= 15 is 0 Å². The summed E-state index contributed by atoms with van der Waals surface area (Å²) in [7, 11) is 0. The van der Waals surface area contributed by atoms with Gasteiger partial charge in [0.15, 0.2) is 23.3 Å². The van der Waals surface area contributed by atoms with Gasteiger partial charge in [0.2, 0.25) is 0 Å². The first kappa shape index (κ1) is 14.3. The first-order valence-corrected chi connectivity index (χ1v) is 6.78. The molecule has 1 saturated carbocycles. The molecule has 1 aromatic rings. The molecule has 2 aliphatic carbocycles. The van der Waals surface area contributed by atoms with Gasteiger partial charge in [0.05, 0.1) is 5.41 Å². The van der Waals surface area contributed by atoms with Crippen molar-refractivity contribution in [2.24, 2.45) is 5.41 Å². The number of fused-ring (bicyclic) bond motifs is 5. The molecule has 5 heteroatoms. The van der Waals surface area contributed by atoms with Crippen molar-refractivity contribution in [2.45, 2.75) is 38.5 Å². The summed E-state index contributed by atoms with van der Waals surface area (Å²) in [6.45, 7) is 6.77. The van der Waals surface area contributed by atoms with Gasteiger partial charge in [0.25, 0.3) is 0 Å². The van der Waals surface area contributed by atoms with Gasteiger partial charge in [-0.1, -0.05) is 12.2 Å². The van der Waals surface area contributed by atoms with E-state index in [1.165, 1.54) is 6.92 Å². The van der Waals surface area contributed by atoms with Crippen molar-refractivity contribution in [3.05, 3.63) is 46.5 Å². The fourth-order valence-electron chi connectivity index (χ4n) is 4.51. The molecule has 2 aliphatic rings. The van der Waals surface area contributed by atoms with Crippen molar-refractivity contribution in [3.63, 3.8) is 0 Å². The summed E-state index contributed by atoms with van der Waals surface area (Å²) in [4.78, 5) is 12.2. The second-order valence-electron chi connectivity index (χ2n) is 5.97. The monoisotopic (exact) mass is 298 g/mol. The zero-order valence-corrected chi connectivity index (χ0v) is 11.7. The number of hydrogen-bond donors (Lipinski definition) is 0. The predicted molar refractivity (Wildman–Crippen MR) is 68.9 cm³/mol. The Morgan fingerprint density at radius 3 is 1.62 bits per heavy atom. The summed E-state index contributed by atoms with van der Waals surface area (Å²) in [5.41, 5.74) is -1.02. The fraction of sp³-hybridized carbons (Fsp3) is 0.438. The number of halogens is 4. The van der Waals surface area contributed by atoms with Crippen LogP contribution in [0.4, 0.5) is 17.6 Å². The van der Waals surface area contributed by atoms with Gasteiger partial charge in [-0.3, -0.25) is 4.79 Å². The summed E-state index contributed by atoms with van der Waals surface area (Å²) in [6.07, 6.45) is 0.872. The maximum absolute atomic E-state index is 14.1. The number of carbonyl (C=O) groups is 1. The van der Waals surface area contributed by atoms with Crippen LogP contribution < -0.4 is 0 Å². The maximum atomic E-state index is 14.1. The third kappa shape index (κ3) is 1.39. The molecule has 1 aromatic carbocycles. The Bertz CT molecular complexity index is 633. The highest BCUT2D eigenvalue weighted by atomic mass is 19.2. The van der Waals surface area contributed by atoms with Crippen molar-refractivity contribution in [2.75, 3.05) is 0 Å². The number of hydrogen-bond acceptors (Lipinski definition) is 1. The molecule has 0 spiro atoms. The fourth-order valence-corrected chi connectivity index (χ4v) is 4.51. The quantitative estimate of drug-likeness (QED) is 0.343. The van der Waals surface area contributed by atoms with Crippen LogP contribution in [-0.4, -0.2) is 5.78 Å². The molecule has 21 heavy (non-hydrogen) atoms. The van der Waals surface area contributed by atoms with Crippen molar-refractivity contribution < 1.29 is 22.4 Å². The lowest BCUT2D eigenvalue weighted by molar-refractivity contribution is -0.125. The number of carbonyl (C=O) groups excluding carboxylic acids is 1. The minimum absolute atomic E-state index is 0.180. The summed E-state index contributed by atoms with van der Waals surface area (Å²) >= 11 is 0. The second-order valence-corrected chi connectivity index (χ2v) is 5.97. The molecule has 3 rings (SSSR count). The molecular formula is C16H14F4O. The zero-order valence-electron chi connectivity index (χ0n) is 11.7. The SMILES string of the molecule is C=C(C)C1(C(C)=O)[C@H]2CC[C@H]1c1c(F)c(F)c(F)c(F)c12. The molecule has 112 valence electrons. The van der Waals surface area contributed by atoms with Gasteiger partial charge in [-0.2, -0.15) is 0 Å². The number of rotatable bonds is 2. The summed E-state index contributed by atoms with van der Waals surface area (Å²) in [5.74, 6) is -7.96. The number of allylic oxidation sites excluding steroid dienone is 1. The lowest BCUT2D eigenvalue weighted by atomic mass is 9.68. The smallest absolute Gasteiger partial charge is 0.197 e. The molecule has 0 aliphatic heterocycles. The molecule has 0 N–H and O–H groups in total. The van der Waals surface area contributed by atoms with Crippen LogP contribution in [0.2, 0.25) is 0 Å². The Kier molecular flexibility index (Phi) is 2.85. The largest absolute Gasteiger partial charge is 0.299 e. The molecule has 2 atom stereocenters. The third-order valence-corrected chi connectivity index (χ3v) is 5.17. The van der Waals surface area contributed by atoms with E-state index < -0.39 is 40.5 Å². The van der Waals surface area contributed by atoms with E-state index in [0.29, 0.717) is 18.4 Å². The molecule has 0 amide bonds. The van der Waals surface area contributed by atoms with Crippen molar-refractivity contribution in [1.82, 2.24) is 0 Å². The van der Waals surface area contributed by atoms with Crippen LogP contribution in [0.25, 0.3) is 0 Å². The summed E-state index contributed by atoms with van der Waals surface area (Å²) in [6, 6.07) is 0. The van der Waals surface area contributed by atoms with Gasteiger partial charge in [-0.25, -0.2) is 17.6 Å². The highest BCUT2D eigenvalue weighted by molar-refractivity contribution is 5.90. The highest BCUT2D eigenvalue weighted by Gasteiger charge is 2.63. The van der Waals surface area contributed by atoms with E-state index in [-0.39, 0.29) is 16.9 Å².